The maximum Gasteiger partial charge on any atom is 0.207 e. The molecule has 0 saturated carbocycles. The molecule has 0 aromatic carbocycles. The first kappa shape index (κ1) is 25.9. The standard InChI is InChI=1S/C18H35NO8/c1-17(2)18(21)15-27-14-13-26-12-11-25-10-9-24-8-7-23-6-5-22-4-3-19-16-20/h16-17H,3-15H2,1-2H3,(H,19,20). The van der Waals surface area contributed by atoms with Gasteiger partial charge in [0.15, 0.2) is 5.78 Å². The van der Waals surface area contributed by atoms with Crippen LogP contribution < -0.4 is 5.32 Å². The molecular weight excluding hydrogens is 358 g/mol. The van der Waals surface area contributed by atoms with Gasteiger partial charge in [-0.1, -0.05) is 13.8 Å². The Bertz CT molecular complexity index is 341. The van der Waals surface area contributed by atoms with Gasteiger partial charge in [-0.15, -0.1) is 0 Å². The minimum Gasteiger partial charge on any atom is -0.377 e. The van der Waals surface area contributed by atoms with Gasteiger partial charge >= 0.3 is 0 Å². The van der Waals surface area contributed by atoms with Gasteiger partial charge in [0, 0.05) is 12.5 Å². The largest absolute Gasteiger partial charge is 0.377 e. The van der Waals surface area contributed by atoms with Gasteiger partial charge in [0.1, 0.15) is 6.61 Å². The van der Waals surface area contributed by atoms with Gasteiger partial charge in [-0.2, -0.15) is 0 Å². The molecule has 0 unspecified atom stereocenters. The van der Waals surface area contributed by atoms with Crippen molar-refractivity contribution in [1.82, 2.24) is 5.32 Å². The molecule has 9 heteroatoms. The second-order valence-electron chi connectivity index (χ2n) is 5.81. The van der Waals surface area contributed by atoms with E-state index < -0.39 is 0 Å². The molecule has 160 valence electrons. The minimum atomic E-state index is 0.00445. The molecule has 0 aromatic heterocycles. The first-order chi connectivity index (χ1) is 13.2. The topological polar surface area (TPSA) is 102 Å². The number of nitrogens with one attached hydrogen (secondary N) is 1. The van der Waals surface area contributed by atoms with Gasteiger partial charge in [0.25, 0.3) is 0 Å². The summed E-state index contributed by atoms with van der Waals surface area (Å²) in [5.41, 5.74) is 0. The molecule has 0 aliphatic heterocycles. The fraction of sp³-hybridized carbons (Fsp3) is 0.889. The van der Waals surface area contributed by atoms with Crippen LogP contribution in [-0.4, -0.2) is 98.0 Å². The number of ketones is 1. The fourth-order valence-electron chi connectivity index (χ4n) is 1.63. The van der Waals surface area contributed by atoms with E-state index >= 15 is 0 Å². The Morgan fingerprint density at radius 2 is 1.07 bits per heavy atom. The molecule has 0 heterocycles. The minimum absolute atomic E-state index is 0.00445. The number of hydrogen-bond donors (Lipinski definition) is 1. The van der Waals surface area contributed by atoms with E-state index in [1.54, 1.807) is 0 Å². The maximum absolute atomic E-state index is 11.3. The summed E-state index contributed by atoms with van der Waals surface area (Å²) in [4.78, 5) is 21.3. The van der Waals surface area contributed by atoms with Crippen LogP contribution in [0.15, 0.2) is 0 Å². The highest BCUT2D eigenvalue weighted by molar-refractivity contribution is 5.81. The Labute approximate surface area is 161 Å². The highest BCUT2D eigenvalue weighted by Gasteiger charge is 2.06. The van der Waals surface area contributed by atoms with Crippen LogP contribution in [0, 0.1) is 5.92 Å². The van der Waals surface area contributed by atoms with E-state index in [1.165, 1.54) is 0 Å². The molecule has 1 N–H and O–H groups in total. The molecule has 0 saturated heterocycles. The second kappa shape index (κ2) is 21.2. The Kier molecular flexibility index (Phi) is 20.3. The van der Waals surface area contributed by atoms with Crippen molar-refractivity contribution in [2.75, 3.05) is 85.8 Å². The van der Waals surface area contributed by atoms with Gasteiger partial charge < -0.3 is 33.7 Å². The number of hydrogen-bond acceptors (Lipinski definition) is 8. The summed E-state index contributed by atoms with van der Waals surface area (Å²) in [7, 11) is 0. The van der Waals surface area contributed by atoms with Crippen LogP contribution in [0.3, 0.4) is 0 Å². The van der Waals surface area contributed by atoms with Gasteiger partial charge in [0.05, 0.1) is 72.7 Å². The molecule has 0 aliphatic carbocycles. The van der Waals surface area contributed by atoms with Gasteiger partial charge in [-0.05, 0) is 0 Å². The second-order valence-corrected chi connectivity index (χ2v) is 5.81. The highest BCUT2D eigenvalue weighted by atomic mass is 16.6. The van der Waals surface area contributed by atoms with Crippen LogP contribution in [0.25, 0.3) is 0 Å². The smallest absolute Gasteiger partial charge is 0.207 e. The van der Waals surface area contributed by atoms with E-state index in [4.69, 9.17) is 28.4 Å². The molecule has 9 nitrogen and oxygen atoms in total. The zero-order valence-electron chi connectivity index (χ0n) is 16.6. The Hall–Kier alpha value is -1.10. The first-order valence-electron chi connectivity index (χ1n) is 9.34. The third kappa shape index (κ3) is 21.1. The van der Waals surface area contributed by atoms with Gasteiger partial charge in [-0.25, -0.2) is 0 Å². The molecule has 0 radical (unpaired) electrons. The van der Waals surface area contributed by atoms with Crippen LogP contribution in [-0.2, 0) is 38.0 Å². The van der Waals surface area contributed by atoms with Crippen molar-refractivity contribution in [2.45, 2.75) is 13.8 Å². The lowest BCUT2D eigenvalue weighted by Crippen LogP contribution is -2.19. The maximum atomic E-state index is 11.3. The molecular formula is C18H35NO8. The van der Waals surface area contributed by atoms with Gasteiger partial charge in [0.2, 0.25) is 6.41 Å². The highest BCUT2D eigenvalue weighted by Crippen LogP contribution is 1.94. The van der Waals surface area contributed by atoms with E-state index in [9.17, 15) is 9.59 Å². The third-order valence-electron chi connectivity index (χ3n) is 3.22. The molecule has 0 spiro atoms. The van der Waals surface area contributed by atoms with E-state index in [1.807, 2.05) is 13.8 Å². The quantitative estimate of drug-likeness (QED) is 0.203. The van der Waals surface area contributed by atoms with E-state index in [0.717, 1.165) is 0 Å². The molecule has 0 atom stereocenters. The number of carbonyl (C=O) groups excluding carboxylic acids is 2. The lowest BCUT2D eigenvalue weighted by Gasteiger charge is -2.08. The summed E-state index contributed by atoms with van der Waals surface area (Å²) >= 11 is 0. The summed E-state index contributed by atoms with van der Waals surface area (Å²) in [6, 6.07) is 0. The predicted molar refractivity (Wildman–Crippen MR) is 98.8 cm³/mol. The fourth-order valence-corrected chi connectivity index (χ4v) is 1.63. The van der Waals surface area contributed by atoms with Crippen molar-refractivity contribution < 1.29 is 38.0 Å². The number of Topliss-reactive ketones (excluding diaryl/α,β-unsaturated/α-hetero) is 1. The monoisotopic (exact) mass is 393 g/mol. The van der Waals surface area contributed by atoms with Crippen LogP contribution in [0.1, 0.15) is 13.8 Å². The molecule has 0 aliphatic rings. The SMILES string of the molecule is CC(C)C(=O)COCCOCCOCCOCCOCCOCCNC=O. The number of rotatable bonds is 22. The third-order valence-corrected chi connectivity index (χ3v) is 3.22. The van der Waals surface area contributed by atoms with Gasteiger partial charge in [-0.3, -0.25) is 9.59 Å². The van der Waals surface area contributed by atoms with E-state index in [0.29, 0.717) is 85.6 Å². The lowest BCUT2D eigenvalue weighted by atomic mass is 10.1. The molecule has 1 amide bonds. The van der Waals surface area contributed by atoms with Crippen molar-refractivity contribution in [3.05, 3.63) is 0 Å². The van der Waals surface area contributed by atoms with Crippen molar-refractivity contribution >= 4 is 12.2 Å². The molecule has 0 rings (SSSR count). The van der Waals surface area contributed by atoms with Crippen LogP contribution >= 0.6 is 0 Å². The lowest BCUT2D eigenvalue weighted by molar-refractivity contribution is -0.127. The average Bonchev–Trinajstić information content (AvgIpc) is 2.66. The number of ether oxygens (including phenoxy) is 6. The number of amides is 1. The van der Waals surface area contributed by atoms with Crippen LogP contribution in [0.2, 0.25) is 0 Å². The zero-order chi connectivity index (χ0) is 20.0. The molecule has 27 heavy (non-hydrogen) atoms. The molecule has 0 aromatic rings. The van der Waals surface area contributed by atoms with Crippen LogP contribution in [0.4, 0.5) is 0 Å². The summed E-state index contributed by atoms with van der Waals surface area (Å²) in [6.45, 7) is 9.62. The van der Waals surface area contributed by atoms with E-state index in [-0.39, 0.29) is 18.3 Å². The summed E-state index contributed by atoms with van der Waals surface area (Å²) in [6.07, 6.45) is 0.642. The van der Waals surface area contributed by atoms with Crippen molar-refractivity contribution in [3.63, 3.8) is 0 Å². The summed E-state index contributed by atoms with van der Waals surface area (Å²) in [5, 5.41) is 2.51. The Morgan fingerprint density at radius 1 is 0.704 bits per heavy atom. The Balaban J connectivity index is 3.05. The summed E-state index contributed by atoms with van der Waals surface area (Å²) < 4.78 is 31.8. The molecule has 0 bridgehead atoms. The van der Waals surface area contributed by atoms with Crippen LogP contribution in [0.5, 0.6) is 0 Å². The Morgan fingerprint density at radius 3 is 1.44 bits per heavy atom. The average molecular weight is 393 g/mol. The predicted octanol–water partition coefficient (Wildman–Crippen LogP) is 0.0571. The van der Waals surface area contributed by atoms with Crippen molar-refractivity contribution in [2.24, 2.45) is 5.92 Å². The zero-order valence-corrected chi connectivity index (χ0v) is 16.6. The molecule has 0 fully saturated rings. The normalized spacial score (nSPS) is 11.1. The van der Waals surface area contributed by atoms with E-state index in [2.05, 4.69) is 5.32 Å². The summed E-state index contributed by atoms with van der Waals surface area (Å²) in [5.74, 6) is 0.102. The van der Waals surface area contributed by atoms with Crippen molar-refractivity contribution in [3.8, 4) is 0 Å². The first-order valence-corrected chi connectivity index (χ1v) is 9.34. The number of carbonyl (C=O) groups is 2. The van der Waals surface area contributed by atoms with Crippen molar-refractivity contribution in [1.29, 1.82) is 0 Å².